The summed E-state index contributed by atoms with van der Waals surface area (Å²) in [7, 11) is 1.62. The van der Waals surface area contributed by atoms with Crippen molar-refractivity contribution in [2.24, 2.45) is 5.11 Å². The molecule has 3 rings (SSSR count). The molecule has 0 fully saturated rings. The average molecular weight is 345 g/mol. The number of hydrogen-bond acceptors (Lipinski definition) is 3. The number of methoxy groups -OCH3 is 1. The van der Waals surface area contributed by atoms with Crippen molar-refractivity contribution in [3.05, 3.63) is 82.9 Å². The number of rotatable bonds is 5. The van der Waals surface area contributed by atoms with E-state index in [0.717, 1.165) is 22.4 Å². The van der Waals surface area contributed by atoms with Crippen LogP contribution in [0, 0.1) is 0 Å². The molecule has 0 N–H and O–H groups in total. The maximum absolute atomic E-state index is 11.4. The Morgan fingerprint density at radius 1 is 1.12 bits per heavy atom. The Morgan fingerprint density at radius 2 is 1.85 bits per heavy atom. The van der Waals surface area contributed by atoms with Crippen LogP contribution in [0.15, 0.2) is 76.3 Å². The molecular formula is C20H15N3O3. The van der Waals surface area contributed by atoms with Crippen molar-refractivity contribution in [2.75, 3.05) is 7.11 Å². The number of carbonyl (C=O) groups is 1. The van der Waals surface area contributed by atoms with Gasteiger partial charge in [-0.15, -0.1) is 0 Å². The smallest absolute Gasteiger partial charge is 0.242 e. The maximum Gasteiger partial charge on any atom is 0.242 e. The van der Waals surface area contributed by atoms with Crippen LogP contribution in [-0.2, 0) is 4.79 Å². The van der Waals surface area contributed by atoms with Gasteiger partial charge in [0.1, 0.15) is 17.3 Å². The number of benzene rings is 2. The molecule has 2 aromatic carbocycles. The Bertz CT molecular complexity index is 983. The number of hydrogen-bond donors (Lipinski definition) is 0. The first-order valence-corrected chi connectivity index (χ1v) is 7.82. The molecule has 0 saturated heterocycles. The molecular weight excluding hydrogens is 330 g/mol. The van der Waals surface area contributed by atoms with E-state index < -0.39 is 5.91 Å². The van der Waals surface area contributed by atoms with Gasteiger partial charge in [0.25, 0.3) is 0 Å². The lowest BCUT2D eigenvalue weighted by atomic mass is 10.0. The molecule has 128 valence electrons. The van der Waals surface area contributed by atoms with Gasteiger partial charge in [-0.05, 0) is 46.6 Å². The van der Waals surface area contributed by atoms with E-state index in [1.54, 1.807) is 7.11 Å². The van der Waals surface area contributed by atoms with E-state index in [9.17, 15) is 4.79 Å². The predicted molar refractivity (Wildman–Crippen MR) is 99.3 cm³/mol. The van der Waals surface area contributed by atoms with Gasteiger partial charge in [-0.25, -0.2) is 0 Å². The highest BCUT2D eigenvalue weighted by molar-refractivity contribution is 5.92. The fourth-order valence-electron chi connectivity index (χ4n) is 2.51. The lowest BCUT2D eigenvalue weighted by Crippen LogP contribution is -1.83. The van der Waals surface area contributed by atoms with Crippen molar-refractivity contribution in [1.29, 1.82) is 0 Å². The summed E-state index contributed by atoms with van der Waals surface area (Å²) in [5.41, 5.74) is 11.0. The molecule has 1 amide bonds. The van der Waals surface area contributed by atoms with Crippen LogP contribution in [-0.4, -0.2) is 13.0 Å². The van der Waals surface area contributed by atoms with Crippen molar-refractivity contribution in [3.63, 3.8) is 0 Å². The van der Waals surface area contributed by atoms with Gasteiger partial charge < -0.3 is 9.15 Å². The monoisotopic (exact) mass is 345 g/mol. The zero-order chi connectivity index (χ0) is 18.4. The second kappa shape index (κ2) is 7.88. The van der Waals surface area contributed by atoms with Crippen LogP contribution >= 0.6 is 0 Å². The van der Waals surface area contributed by atoms with Crippen molar-refractivity contribution >= 4 is 12.0 Å². The van der Waals surface area contributed by atoms with Crippen molar-refractivity contribution in [1.82, 2.24) is 0 Å². The second-order valence-electron chi connectivity index (χ2n) is 5.35. The fourth-order valence-corrected chi connectivity index (χ4v) is 2.51. The van der Waals surface area contributed by atoms with E-state index in [-0.39, 0.29) is 0 Å². The van der Waals surface area contributed by atoms with Crippen LogP contribution < -0.4 is 4.74 Å². The fraction of sp³-hybridized carbons (Fsp3) is 0.0500. The lowest BCUT2D eigenvalue weighted by Gasteiger charge is -2.04. The second-order valence-corrected chi connectivity index (χ2v) is 5.35. The van der Waals surface area contributed by atoms with Crippen LogP contribution in [0.3, 0.4) is 0 Å². The van der Waals surface area contributed by atoms with Crippen LogP contribution in [0.25, 0.3) is 39.0 Å². The zero-order valence-corrected chi connectivity index (χ0v) is 14.0. The van der Waals surface area contributed by atoms with E-state index in [1.807, 2.05) is 60.7 Å². The Hall–Kier alpha value is -3.76. The summed E-state index contributed by atoms with van der Waals surface area (Å²) in [5.74, 6) is 1.25. The summed E-state index contributed by atoms with van der Waals surface area (Å²) < 4.78 is 11.1. The zero-order valence-electron chi connectivity index (χ0n) is 14.0. The predicted octanol–water partition coefficient (Wildman–Crippen LogP) is 5.47. The van der Waals surface area contributed by atoms with Gasteiger partial charge in [0, 0.05) is 16.0 Å². The number of amides is 1. The van der Waals surface area contributed by atoms with Crippen LogP contribution in [0.5, 0.6) is 5.75 Å². The summed E-state index contributed by atoms with van der Waals surface area (Å²) >= 11 is 0. The molecule has 0 saturated carbocycles. The highest BCUT2D eigenvalue weighted by atomic mass is 16.5. The highest BCUT2D eigenvalue weighted by Crippen LogP contribution is 2.36. The third-order valence-corrected chi connectivity index (χ3v) is 3.72. The quantitative estimate of drug-likeness (QED) is 0.266. The standard InChI is InChI=1S/C20H15N3O3/c1-25-16-9-7-14(8-10-16)18-13-17(11-12-19(24)22-23-21)26-20(18)15-5-3-2-4-6-15/h2-13H,1H3. The Kier molecular flexibility index (Phi) is 5.17. The maximum atomic E-state index is 11.4. The van der Waals surface area contributed by atoms with E-state index in [1.165, 1.54) is 12.2 Å². The number of ether oxygens (including phenoxy) is 1. The molecule has 0 bridgehead atoms. The van der Waals surface area contributed by atoms with Gasteiger partial charge in [-0.3, -0.25) is 4.79 Å². The normalized spacial score (nSPS) is 10.5. The topological polar surface area (TPSA) is 88.2 Å². The van der Waals surface area contributed by atoms with Gasteiger partial charge >= 0.3 is 0 Å². The first kappa shape index (κ1) is 17.1. The highest BCUT2D eigenvalue weighted by Gasteiger charge is 2.14. The van der Waals surface area contributed by atoms with E-state index in [0.29, 0.717) is 11.5 Å². The lowest BCUT2D eigenvalue weighted by molar-refractivity contribution is -0.113. The number of nitrogens with zero attached hydrogens (tertiary/aromatic N) is 3. The Labute approximate surface area is 150 Å². The summed E-state index contributed by atoms with van der Waals surface area (Å²) in [6.45, 7) is 0. The molecule has 0 atom stereocenters. The average Bonchev–Trinajstić information content (AvgIpc) is 3.12. The molecule has 1 heterocycles. The van der Waals surface area contributed by atoms with E-state index in [2.05, 4.69) is 10.0 Å². The van der Waals surface area contributed by atoms with Gasteiger partial charge in [0.15, 0.2) is 0 Å². The summed E-state index contributed by atoms with van der Waals surface area (Å²) in [6, 6.07) is 19.1. The largest absolute Gasteiger partial charge is 0.497 e. The molecule has 0 aliphatic carbocycles. The first-order valence-electron chi connectivity index (χ1n) is 7.82. The van der Waals surface area contributed by atoms with Crippen LogP contribution in [0.2, 0.25) is 0 Å². The minimum atomic E-state index is -0.684. The Morgan fingerprint density at radius 3 is 2.50 bits per heavy atom. The van der Waals surface area contributed by atoms with Gasteiger partial charge in [0.2, 0.25) is 5.91 Å². The van der Waals surface area contributed by atoms with E-state index >= 15 is 0 Å². The number of furan rings is 1. The first-order chi connectivity index (χ1) is 12.7. The molecule has 6 heteroatoms. The SMILES string of the molecule is COc1ccc(-c2cc(C=CC(=O)N=[N+]=[N-])oc2-c2ccccc2)cc1. The molecule has 0 spiro atoms. The Balaban J connectivity index is 2.05. The van der Waals surface area contributed by atoms with Crippen LogP contribution in [0.1, 0.15) is 5.76 Å². The van der Waals surface area contributed by atoms with Gasteiger partial charge in [-0.2, -0.15) is 0 Å². The summed E-state index contributed by atoms with van der Waals surface area (Å²) in [5, 5.41) is 3.00. The van der Waals surface area contributed by atoms with E-state index in [4.69, 9.17) is 14.7 Å². The molecule has 0 radical (unpaired) electrons. The molecule has 0 unspecified atom stereocenters. The third-order valence-electron chi connectivity index (χ3n) is 3.72. The molecule has 0 aliphatic heterocycles. The minimum Gasteiger partial charge on any atom is -0.497 e. The van der Waals surface area contributed by atoms with Gasteiger partial charge in [0.05, 0.1) is 7.11 Å². The van der Waals surface area contributed by atoms with Gasteiger partial charge in [-0.1, -0.05) is 42.5 Å². The number of azide groups is 1. The number of carbonyl (C=O) groups excluding carboxylic acids is 1. The molecule has 26 heavy (non-hydrogen) atoms. The third kappa shape index (κ3) is 3.83. The molecule has 1 aromatic heterocycles. The summed E-state index contributed by atoms with van der Waals surface area (Å²) in [6.07, 6.45) is 2.65. The van der Waals surface area contributed by atoms with Crippen molar-refractivity contribution in [2.45, 2.75) is 0 Å². The minimum absolute atomic E-state index is 0.483. The molecule has 6 nitrogen and oxygen atoms in total. The molecule has 0 aliphatic rings. The van der Waals surface area contributed by atoms with Crippen LogP contribution in [0.4, 0.5) is 0 Å². The summed E-state index contributed by atoms with van der Waals surface area (Å²) in [4.78, 5) is 13.8. The van der Waals surface area contributed by atoms with Crippen molar-refractivity contribution < 1.29 is 13.9 Å². The molecule has 3 aromatic rings. The van der Waals surface area contributed by atoms with Crippen molar-refractivity contribution in [3.8, 4) is 28.2 Å².